The second-order valence-corrected chi connectivity index (χ2v) is 5.38. The van der Waals surface area contributed by atoms with Crippen LogP contribution in [0.15, 0.2) is 22.8 Å². The zero-order valence-corrected chi connectivity index (χ0v) is 10.7. The summed E-state index contributed by atoms with van der Waals surface area (Å²) in [5.41, 5.74) is 0. The fourth-order valence-electron chi connectivity index (χ4n) is 3.27. The van der Waals surface area contributed by atoms with E-state index in [4.69, 9.17) is 9.15 Å². The SMILES string of the molecule is CN1[C@@H]2CCC[C@H]1CC(OC(=O)c1ccco1)C2. The van der Waals surface area contributed by atoms with E-state index in [-0.39, 0.29) is 12.1 Å². The molecule has 4 nitrogen and oxygen atoms in total. The monoisotopic (exact) mass is 249 g/mol. The Hall–Kier alpha value is -1.29. The normalized spacial score (nSPS) is 32.2. The summed E-state index contributed by atoms with van der Waals surface area (Å²) >= 11 is 0. The molecule has 4 heteroatoms. The van der Waals surface area contributed by atoms with E-state index in [1.807, 2.05) is 0 Å². The van der Waals surface area contributed by atoms with Crippen molar-refractivity contribution in [2.45, 2.75) is 50.3 Å². The molecule has 0 saturated carbocycles. The van der Waals surface area contributed by atoms with Crippen molar-refractivity contribution in [1.29, 1.82) is 0 Å². The van der Waals surface area contributed by atoms with Gasteiger partial charge in [-0.25, -0.2) is 4.79 Å². The van der Waals surface area contributed by atoms with Crippen LogP contribution in [-0.4, -0.2) is 36.1 Å². The highest BCUT2D eigenvalue weighted by Gasteiger charge is 2.37. The van der Waals surface area contributed by atoms with E-state index in [0.29, 0.717) is 17.8 Å². The summed E-state index contributed by atoms with van der Waals surface area (Å²) in [6.07, 6.45) is 7.22. The average Bonchev–Trinajstić information content (AvgIpc) is 2.84. The molecular weight excluding hydrogens is 230 g/mol. The summed E-state index contributed by atoms with van der Waals surface area (Å²) in [6.45, 7) is 0. The van der Waals surface area contributed by atoms with E-state index < -0.39 is 0 Å². The molecule has 1 unspecified atom stereocenters. The average molecular weight is 249 g/mol. The summed E-state index contributed by atoms with van der Waals surface area (Å²) in [7, 11) is 2.19. The molecule has 2 aliphatic rings. The Balaban J connectivity index is 1.63. The van der Waals surface area contributed by atoms with Crippen molar-refractivity contribution in [3.8, 4) is 0 Å². The van der Waals surface area contributed by atoms with Gasteiger partial charge in [0.15, 0.2) is 0 Å². The van der Waals surface area contributed by atoms with Crippen LogP contribution >= 0.6 is 0 Å². The summed E-state index contributed by atoms with van der Waals surface area (Å²) in [5.74, 6) is -0.0216. The highest BCUT2D eigenvalue weighted by Crippen LogP contribution is 2.34. The molecule has 0 aliphatic carbocycles. The second-order valence-electron chi connectivity index (χ2n) is 5.38. The first kappa shape index (κ1) is 11.8. The van der Waals surface area contributed by atoms with Crippen molar-refractivity contribution >= 4 is 5.97 Å². The summed E-state index contributed by atoms with van der Waals surface area (Å²) in [4.78, 5) is 14.3. The standard InChI is InChI=1S/C14H19NO3/c1-15-10-4-2-5-11(15)9-12(8-10)18-14(16)13-6-3-7-17-13/h3,6-7,10-12H,2,4-5,8-9H2,1H3/t10-,11+,12?. The smallest absolute Gasteiger partial charge is 0.374 e. The van der Waals surface area contributed by atoms with Crippen molar-refractivity contribution in [2.75, 3.05) is 7.05 Å². The van der Waals surface area contributed by atoms with E-state index in [1.54, 1.807) is 12.1 Å². The minimum absolute atomic E-state index is 0.0501. The van der Waals surface area contributed by atoms with Crippen molar-refractivity contribution in [3.63, 3.8) is 0 Å². The first-order chi connectivity index (χ1) is 8.74. The van der Waals surface area contributed by atoms with Gasteiger partial charge in [-0.15, -0.1) is 0 Å². The minimum Gasteiger partial charge on any atom is -0.457 e. The molecule has 0 N–H and O–H groups in total. The Morgan fingerprint density at radius 3 is 2.72 bits per heavy atom. The summed E-state index contributed by atoms with van der Waals surface area (Å²) < 4.78 is 10.6. The van der Waals surface area contributed by atoms with Crippen molar-refractivity contribution < 1.29 is 13.9 Å². The number of furan rings is 1. The molecule has 1 aromatic rings. The predicted molar refractivity (Wildman–Crippen MR) is 66.3 cm³/mol. The lowest BCUT2D eigenvalue weighted by atomic mass is 9.83. The maximum Gasteiger partial charge on any atom is 0.374 e. The number of piperidine rings is 2. The van der Waals surface area contributed by atoms with E-state index in [1.165, 1.54) is 25.5 Å². The number of carbonyl (C=O) groups excluding carboxylic acids is 1. The molecule has 2 fully saturated rings. The van der Waals surface area contributed by atoms with Gasteiger partial charge in [0.25, 0.3) is 0 Å². The van der Waals surface area contributed by atoms with E-state index in [9.17, 15) is 4.79 Å². The largest absolute Gasteiger partial charge is 0.457 e. The quantitative estimate of drug-likeness (QED) is 0.755. The maximum absolute atomic E-state index is 11.8. The zero-order valence-electron chi connectivity index (χ0n) is 10.7. The molecule has 0 amide bonds. The fourth-order valence-corrected chi connectivity index (χ4v) is 3.27. The van der Waals surface area contributed by atoms with Crippen LogP contribution in [0, 0.1) is 0 Å². The van der Waals surface area contributed by atoms with Gasteiger partial charge >= 0.3 is 5.97 Å². The topological polar surface area (TPSA) is 42.7 Å². The summed E-state index contributed by atoms with van der Waals surface area (Å²) in [5, 5.41) is 0. The molecule has 98 valence electrons. The van der Waals surface area contributed by atoms with Crippen LogP contribution < -0.4 is 0 Å². The number of carbonyl (C=O) groups is 1. The van der Waals surface area contributed by atoms with Gasteiger partial charge in [0.1, 0.15) is 6.10 Å². The van der Waals surface area contributed by atoms with Gasteiger partial charge in [0.2, 0.25) is 5.76 Å². The Morgan fingerprint density at radius 2 is 2.11 bits per heavy atom. The highest BCUT2D eigenvalue weighted by molar-refractivity contribution is 5.86. The van der Waals surface area contributed by atoms with Crippen LogP contribution in [0.4, 0.5) is 0 Å². The van der Waals surface area contributed by atoms with Crippen LogP contribution in [0.25, 0.3) is 0 Å². The molecule has 2 aliphatic heterocycles. The van der Waals surface area contributed by atoms with Gasteiger partial charge in [-0.3, -0.25) is 0 Å². The Bertz CT molecular complexity index is 401. The molecule has 0 spiro atoms. The summed E-state index contributed by atoms with van der Waals surface area (Å²) in [6, 6.07) is 4.51. The van der Waals surface area contributed by atoms with Gasteiger partial charge in [-0.1, -0.05) is 6.42 Å². The molecule has 0 radical (unpaired) electrons. The molecule has 2 bridgehead atoms. The maximum atomic E-state index is 11.8. The first-order valence-electron chi connectivity index (χ1n) is 6.70. The van der Waals surface area contributed by atoms with Gasteiger partial charge in [-0.2, -0.15) is 0 Å². The third-order valence-electron chi connectivity index (χ3n) is 4.29. The molecule has 0 aromatic carbocycles. The lowest BCUT2D eigenvalue weighted by molar-refractivity contribution is -0.0335. The number of rotatable bonds is 2. The Labute approximate surface area is 107 Å². The van der Waals surface area contributed by atoms with E-state index in [2.05, 4.69) is 11.9 Å². The molecular formula is C14H19NO3. The molecule has 18 heavy (non-hydrogen) atoms. The van der Waals surface area contributed by atoms with Crippen molar-refractivity contribution in [3.05, 3.63) is 24.2 Å². The van der Waals surface area contributed by atoms with Crippen molar-refractivity contribution in [2.24, 2.45) is 0 Å². The zero-order chi connectivity index (χ0) is 12.5. The molecule has 3 rings (SSSR count). The van der Waals surface area contributed by atoms with Crippen LogP contribution in [-0.2, 0) is 4.74 Å². The van der Waals surface area contributed by atoms with Crippen molar-refractivity contribution in [1.82, 2.24) is 4.90 Å². The molecule has 2 saturated heterocycles. The number of fused-ring (bicyclic) bond motifs is 2. The molecule has 3 atom stereocenters. The number of esters is 1. The van der Waals surface area contributed by atoms with Crippen LogP contribution in [0.3, 0.4) is 0 Å². The van der Waals surface area contributed by atoms with Crippen LogP contribution in [0.5, 0.6) is 0 Å². The third kappa shape index (κ3) is 2.17. The highest BCUT2D eigenvalue weighted by atomic mass is 16.6. The Kier molecular flexibility index (Phi) is 3.12. The molecule has 3 heterocycles. The van der Waals surface area contributed by atoms with Gasteiger partial charge in [-0.05, 0) is 32.0 Å². The van der Waals surface area contributed by atoms with E-state index >= 15 is 0 Å². The number of hydrogen-bond donors (Lipinski definition) is 0. The van der Waals surface area contributed by atoms with Gasteiger partial charge in [0.05, 0.1) is 6.26 Å². The van der Waals surface area contributed by atoms with Gasteiger partial charge < -0.3 is 14.1 Å². The lowest BCUT2D eigenvalue weighted by Crippen LogP contribution is -2.52. The predicted octanol–water partition coefficient (Wildman–Crippen LogP) is 2.45. The van der Waals surface area contributed by atoms with Crippen LogP contribution in [0.1, 0.15) is 42.7 Å². The lowest BCUT2D eigenvalue weighted by Gasteiger charge is -2.46. The van der Waals surface area contributed by atoms with Gasteiger partial charge in [0, 0.05) is 24.9 Å². The second kappa shape index (κ2) is 4.76. The number of nitrogens with zero attached hydrogens (tertiary/aromatic N) is 1. The first-order valence-corrected chi connectivity index (χ1v) is 6.70. The Morgan fingerprint density at radius 1 is 1.39 bits per heavy atom. The van der Waals surface area contributed by atoms with E-state index in [0.717, 1.165) is 12.8 Å². The fraction of sp³-hybridized carbons (Fsp3) is 0.643. The molecule has 1 aromatic heterocycles. The third-order valence-corrected chi connectivity index (χ3v) is 4.29. The number of hydrogen-bond acceptors (Lipinski definition) is 4. The van der Waals surface area contributed by atoms with Crippen LogP contribution in [0.2, 0.25) is 0 Å². The number of ether oxygens (including phenoxy) is 1. The minimum atomic E-state index is -0.326.